The van der Waals surface area contributed by atoms with Gasteiger partial charge in [0.2, 0.25) is 5.82 Å². The number of hydrogen-bond donors (Lipinski definition) is 2. The summed E-state index contributed by atoms with van der Waals surface area (Å²) in [5.74, 6) is -0.462. The van der Waals surface area contributed by atoms with Crippen molar-refractivity contribution in [1.82, 2.24) is 25.5 Å². The zero-order valence-electron chi connectivity index (χ0n) is 19.7. The predicted molar refractivity (Wildman–Crippen MR) is 130 cm³/mol. The molecule has 2 aromatic carbocycles. The average molecular weight is 463 g/mol. The van der Waals surface area contributed by atoms with Crippen LogP contribution in [-0.2, 0) is 11.3 Å². The molecule has 0 saturated carbocycles. The van der Waals surface area contributed by atoms with Gasteiger partial charge < -0.3 is 5.11 Å². The number of carboxylic acids is 1. The molecule has 0 spiro atoms. The van der Waals surface area contributed by atoms with E-state index in [9.17, 15) is 9.90 Å². The monoisotopic (exact) mass is 462 g/mol. The van der Waals surface area contributed by atoms with Crippen LogP contribution in [0, 0.1) is 5.92 Å². The fourth-order valence-electron chi connectivity index (χ4n) is 4.23. The maximum Gasteiger partial charge on any atom is 0.321 e. The van der Waals surface area contributed by atoms with Gasteiger partial charge in [-0.25, -0.2) is 0 Å². The smallest absolute Gasteiger partial charge is 0.321 e. The van der Waals surface area contributed by atoms with Gasteiger partial charge in [0.15, 0.2) is 0 Å². The number of carboxylic acid groups (broad SMARTS) is 1. The number of hydrogen-bond acceptors (Lipinski definition) is 6. The van der Waals surface area contributed by atoms with E-state index in [1.165, 1.54) is 0 Å². The summed E-state index contributed by atoms with van der Waals surface area (Å²) in [5, 5.41) is 28.2. The number of tetrazole rings is 1. The molecule has 178 valence electrons. The molecular formula is C24H30N8O2. The highest BCUT2D eigenvalue weighted by Gasteiger charge is 2.30. The third-order valence-electron chi connectivity index (χ3n) is 5.72. The second-order valence-electron chi connectivity index (χ2n) is 8.58. The van der Waals surface area contributed by atoms with Gasteiger partial charge in [-0.15, -0.1) is 10.2 Å². The number of azide groups is 1. The first-order chi connectivity index (χ1) is 16.4. The largest absolute Gasteiger partial charge is 0.480 e. The second-order valence-corrected chi connectivity index (χ2v) is 8.58. The maximum atomic E-state index is 12.1. The number of aromatic amines is 1. The number of rotatable bonds is 12. The number of nitrogens with zero attached hydrogens (tertiary/aromatic N) is 7. The van der Waals surface area contributed by atoms with Crippen LogP contribution in [0.1, 0.15) is 39.2 Å². The van der Waals surface area contributed by atoms with Crippen molar-refractivity contribution in [2.45, 2.75) is 52.2 Å². The molecule has 0 aliphatic carbocycles. The fraction of sp³-hybridized carbons (Fsp3) is 0.417. The lowest BCUT2D eigenvalue weighted by Crippen LogP contribution is -2.47. The van der Waals surface area contributed by atoms with Crippen LogP contribution >= 0.6 is 0 Å². The Hall–Kier alpha value is -3.75. The molecular weight excluding hydrogens is 432 g/mol. The molecule has 3 aromatic rings. The lowest BCUT2D eigenvalue weighted by Gasteiger charge is -2.33. The van der Waals surface area contributed by atoms with Gasteiger partial charge in [0.05, 0.1) is 6.04 Å². The van der Waals surface area contributed by atoms with Crippen molar-refractivity contribution < 1.29 is 9.90 Å². The van der Waals surface area contributed by atoms with E-state index in [1.54, 1.807) is 0 Å². The van der Waals surface area contributed by atoms with Crippen LogP contribution < -0.4 is 0 Å². The fourth-order valence-corrected chi connectivity index (χ4v) is 4.23. The zero-order chi connectivity index (χ0) is 24.5. The minimum Gasteiger partial charge on any atom is -0.480 e. The molecule has 1 heterocycles. The summed E-state index contributed by atoms with van der Waals surface area (Å²) in [5.41, 5.74) is 12.8. The number of H-pyrrole nitrogens is 1. The Morgan fingerprint density at radius 2 is 1.88 bits per heavy atom. The molecule has 0 fully saturated rings. The summed E-state index contributed by atoms with van der Waals surface area (Å²) in [6.07, 6.45) is 1.56. The van der Waals surface area contributed by atoms with Crippen LogP contribution in [0.25, 0.3) is 33.0 Å². The quantitative estimate of drug-likeness (QED) is 0.222. The highest BCUT2D eigenvalue weighted by atomic mass is 16.4. The van der Waals surface area contributed by atoms with E-state index in [-0.39, 0.29) is 12.0 Å². The summed E-state index contributed by atoms with van der Waals surface area (Å²) in [4.78, 5) is 17.0. The van der Waals surface area contributed by atoms with Crippen molar-refractivity contribution in [3.05, 3.63) is 64.5 Å². The van der Waals surface area contributed by atoms with Crippen LogP contribution in [0.3, 0.4) is 0 Å². The molecule has 0 bridgehead atoms. The SMILES string of the molecule is CCCC(CN(Cc1ccc(-c2ccccc2-c2nn[nH]n2)cc1)[C@H](C(=O)O)C(C)C)N=[N+]=[N-]. The first-order valence-corrected chi connectivity index (χ1v) is 11.4. The van der Waals surface area contributed by atoms with Crippen molar-refractivity contribution in [3.63, 3.8) is 0 Å². The minimum absolute atomic E-state index is 0.105. The van der Waals surface area contributed by atoms with Crippen molar-refractivity contribution in [2.24, 2.45) is 11.0 Å². The van der Waals surface area contributed by atoms with Crippen molar-refractivity contribution in [3.8, 4) is 22.5 Å². The van der Waals surface area contributed by atoms with Gasteiger partial charge in [-0.2, -0.15) is 5.21 Å². The third-order valence-corrected chi connectivity index (χ3v) is 5.72. The summed E-state index contributed by atoms with van der Waals surface area (Å²) in [7, 11) is 0. The lowest BCUT2D eigenvalue weighted by atomic mass is 9.97. The highest BCUT2D eigenvalue weighted by Crippen LogP contribution is 2.30. The number of benzene rings is 2. The second kappa shape index (κ2) is 11.9. The van der Waals surface area contributed by atoms with Gasteiger partial charge in [0.1, 0.15) is 6.04 Å². The molecule has 10 heteroatoms. The van der Waals surface area contributed by atoms with E-state index in [0.29, 0.717) is 25.3 Å². The Kier molecular flexibility index (Phi) is 8.73. The summed E-state index contributed by atoms with van der Waals surface area (Å²) < 4.78 is 0. The molecule has 10 nitrogen and oxygen atoms in total. The van der Waals surface area contributed by atoms with Gasteiger partial charge in [0, 0.05) is 23.6 Å². The first kappa shape index (κ1) is 24.9. The molecule has 1 unspecified atom stereocenters. The van der Waals surface area contributed by atoms with Gasteiger partial charge in [-0.05, 0) is 39.8 Å². The Labute approximate surface area is 198 Å². The van der Waals surface area contributed by atoms with Crippen LogP contribution in [-0.4, -0.2) is 55.2 Å². The average Bonchev–Trinajstić information content (AvgIpc) is 3.34. The van der Waals surface area contributed by atoms with Crippen molar-refractivity contribution >= 4 is 5.97 Å². The van der Waals surface area contributed by atoms with E-state index in [4.69, 9.17) is 5.53 Å². The number of nitrogens with one attached hydrogen (secondary N) is 1. The molecule has 0 radical (unpaired) electrons. The summed E-state index contributed by atoms with van der Waals surface area (Å²) >= 11 is 0. The predicted octanol–water partition coefficient (Wildman–Crippen LogP) is 4.92. The molecule has 0 aliphatic heterocycles. The third kappa shape index (κ3) is 6.18. The van der Waals surface area contributed by atoms with Gasteiger partial charge in [-0.3, -0.25) is 9.69 Å². The zero-order valence-corrected chi connectivity index (χ0v) is 19.7. The number of carbonyl (C=O) groups is 1. The lowest BCUT2D eigenvalue weighted by molar-refractivity contribution is -0.145. The van der Waals surface area contributed by atoms with Crippen LogP contribution in [0.5, 0.6) is 0 Å². The van der Waals surface area contributed by atoms with E-state index < -0.39 is 12.0 Å². The van der Waals surface area contributed by atoms with Gasteiger partial charge in [-0.1, -0.05) is 80.8 Å². The highest BCUT2D eigenvalue weighted by molar-refractivity contribution is 5.80. The first-order valence-electron chi connectivity index (χ1n) is 11.4. The molecule has 2 N–H and O–H groups in total. The number of aliphatic carboxylic acids is 1. The van der Waals surface area contributed by atoms with E-state index in [0.717, 1.165) is 28.7 Å². The Balaban J connectivity index is 1.88. The molecule has 3 rings (SSSR count). The molecule has 34 heavy (non-hydrogen) atoms. The molecule has 0 saturated heterocycles. The van der Waals surface area contributed by atoms with E-state index >= 15 is 0 Å². The molecule has 2 atom stereocenters. The Morgan fingerprint density at radius 3 is 2.44 bits per heavy atom. The molecule has 0 aliphatic rings. The Bertz CT molecular complexity index is 1110. The van der Waals surface area contributed by atoms with Crippen molar-refractivity contribution in [1.29, 1.82) is 0 Å². The molecule has 1 aromatic heterocycles. The van der Waals surface area contributed by atoms with E-state index in [2.05, 4.69) is 30.7 Å². The normalized spacial score (nSPS) is 13.0. The van der Waals surface area contributed by atoms with Gasteiger partial charge >= 0.3 is 5.97 Å². The van der Waals surface area contributed by atoms with Crippen LogP contribution in [0.15, 0.2) is 53.6 Å². The van der Waals surface area contributed by atoms with E-state index in [1.807, 2.05) is 74.2 Å². The number of aromatic nitrogens is 4. The Morgan fingerprint density at radius 1 is 1.18 bits per heavy atom. The topological polar surface area (TPSA) is 144 Å². The van der Waals surface area contributed by atoms with Crippen molar-refractivity contribution in [2.75, 3.05) is 6.54 Å². The minimum atomic E-state index is -0.878. The summed E-state index contributed by atoms with van der Waals surface area (Å²) in [6.45, 7) is 6.63. The summed E-state index contributed by atoms with van der Waals surface area (Å²) in [6, 6.07) is 14.9. The van der Waals surface area contributed by atoms with Crippen LogP contribution in [0.4, 0.5) is 0 Å². The molecule has 0 amide bonds. The standard InChI is InChI=1S/C24H30N8O2/c1-4-7-19(26-29-25)15-32(22(16(2)3)24(33)34)14-17-10-12-18(13-11-17)20-8-5-6-9-21(20)23-27-30-31-28-23/h5-6,8-13,16,19,22H,4,7,14-15H2,1-3H3,(H,33,34)(H,27,28,30,31)/t19?,22-/m0/s1. The van der Waals surface area contributed by atoms with Crippen LogP contribution in [0.2, 0.25) is 0 Å². The van der Waals surface area contributed by atoms with Gasteiger partial charge in [0.25, 0.3) is 0 Å². The maximum absolute atomic E-state index is 12.1.